The Bertz CT molecular complexity index is 1440. The van der Waals surface area contributed by atoms with E-state index >= 15 is 0 Å². The first-order valence-electron chi connectivity index (χ1n) is 13.2. The highest BCUT2D eigenvalue weighted by atomic mass is 19.1. The number of aromatic nitrogens is 5. The zero-order valence-electron chi connectivity index (χ0n) is 21.7. The highest BCUT2D eigenvalue weighted by Gasteiger charge is 2.34. The minimum atomic E-state index is -0.400. The summed E-state index contributed by atoms with van der Waals surface area (Å²) < 4.78 is 22.0. The first kappa shape index (κ1) is 24.0. The van der Waals surface area contributed by atoms with Crippen molar-refractivity contribution in [3.8, 4) is 17.1 Å². The maximum absolute atomic E-state index is 14.1. The molecule has 6 heterocycles. The van der Waals surface area contributed by atoms with Crippen LogP contribution in [0.1, 0.15) is 42.4 Å². The molecule has 192 valence electrons. The lowest BCUT2D eigenvalue weighted by Gasteiger charge is -2.45. The fraction of sp³-hybridized carbons (Fsp3) is 0.448. The molecule has 4 aromatic rings. The number of imidazole rings is 1. The Morgan fingerprint density at radius 3 is 2.62 bits per heavy atom. The summed E-state index contributed by atoms with van der Waals surface area (Å²) in [5.41, 5.74) is 5.21. The first-order valence-corrected chi connectivity index (χ1v) is 13.2. The van der Waals surface area contributed by atoms with Crippen LogP contribution in [0.3, 0.4) is 0 Å². The molecule has 3 aliphatic rings. The van der Waals surface area contributed by atoms with Crippen molar-refractivity contribution in [1.82, 2.24) is 29.4 Å². The molecule has 0 spiro atoms. The maximum Gasteiger partial charge on any atom is 0.164 e. The first-order chi connectivity index (χ1) is 18.0. The molecule has 3 aliphatic heterocycles. The van der Waals surface area contributed by atoms with E-state index in [0.29, 0.717) is 17.9 Å². The number of methoxy groups -OCH3 is 1. The van der Waals surface area contributed by atoms with Crippen molar-refractivity contribution in [3.05, 3.63) is 65.1 Å². The van der Waals surface area contributed by atoms with Gasteiger partial charge in [0, 0.05) is 30.3 Å². The van der Waals surface area contributed by atoms with Gasteiger partial charge in [0.25, 0.3) is 0 Å². The zero-order chi connectivity index (χ0) is 25.5. The van der Waals surface area contributed by atoms with Crippen LogP contribution in [0, 0.1) is 24.6 Å². The number of nitrogens with zero attached hydrogens (tertiary/aromatic N) is 6. The van der Waals surface area contributed by atoms with Gasteiger partial charge in [-0.3, -0.25) is 4.98 Å². The number of hydrogen-bond acceptors (Lipinski definition) is 6. The highest BCUT2D eigenvalue weighted by molar-refractivity contribution is 5.79. The van der Waals surface area contributed by atoms with Crippen LogP contribution in [0.25, 0.3) is 22.6 Å². The predicted octanol–water partition coefficient (Wildman–Crippen LogP) is 4.84. The Hall–Kier alpha value is -3.39. The topological polar surface area (TPSA) is 69.0 Å². The lowest BCUT2D eigenvalue weighted by molar-refractivity contribution is 0.0512. The average Bonchev–Trinajstić information content (AvgIpc) is 3.29. The van der Waals surface area contributed by atoms with Gasteiger partial charge in [0.15, 0.2) is 5.65 Å². The Morgan fingerprint density at radius 2 is 1.92 bits per heavy atom. The number of hydrogen-bond donors (Lipinski definition) is 0. The summed E-state index contributed by atoms with van der Waals surface area (Å²) in [4.78, 5) is 20.9. The number of ether oxygens (including phenoxy) is 1. The van der Waals surface area contributed by atoms with E-state index in [0.717, 1.165) is 58.7 Å². The molecule has 3 aromatic heterocycles. The molecule has 3 fully saturated rings. The summed E-state index contributed by atoms with van der Waals surface area (Å²) in [6, 6.07) is 8.04. The average molecular weight is 501 g/mol. The minimum absolute atomic E-state index is 0.400. The van der Waals surface area contributed by atoms with Gasteiger partial charge in [-0.2, -0.15) is 0 Å². The SMILES string of the molecule is CCc1nc(C)c2nc(-c3cncc(F)c3)n(Cc3ccc(CC4CN5CCC4CC5)cc3OC)c2n1. The normalized spacial score (nSPS) is 21.0. The summed E-state index contributed by atoms with van der Waals surface area (Å²) >= 11 is 0. The van der Waals surface area contributed by atoms with Gasteiger partial charge in [-0.15, -0.1) is 0 Å². The van der Waals surface area contributed by atoms with Crippen molar-refractivity contribution in [1.29, 1.82) is 0 Å². The number of aryl methyl sites for hydroxylation is 2. The predicted molar refractivity (Wildman–Crippen MR) is 141 cm³/mol. The Labute approximate surface area is 216 Å². The lowest BCUT2D eigenvalue weighted by atomic mass is 9.76. The number of halogens is 1. The van der Waals surface area contributed by atoms with E-state index in [1.807, 2.05) is 18.4 Å². The van der Waals surface area contributed by atoms with Crippen LogP contribution >= 0.6 is 0 Å². The van der Waals surface area contributed by atoms with Crippen molar-refractivity contribution in [2.24, 2.45) is 11.8 Å². The molecule has 1 unspecified atom stereocenters. The van der Waals surface area contributed by atoms with E-state index in [-0.39, 0.29) is 0 Å². The van der Waals surface area contributed by atoms with Crippen LogP contribution in [0.5, 0.6) is 5.75 Å². The fourth-order valence-corrected chi connectivity index (χ4v) is 6.10. The van der Waals surface area contributed by atoms with Crippen molar-refractivity contribution < 1.29 is 9.13 Å². The van der Waals surface area contributed by atoms with Crippen LogP contribution in [-0.2, 0) is 19.4 Å². The van der Waals surface area contributed by atoms with Crippen molar-refractivity contribution in [3.63, 3.8) is 0 Å². The van der Waals surface area contributed by atoms with Gasteiger partial charge in [-0.05, 0) is 68.8 Å². The third-order valence-electron chi connectivity index (χ3n) is 8.06. The molecule has 37 heavy (non-hydrogen) atoms. The molecule has 0 N–H and O–H groups in total. The molecule has 8 heteroatoms. The van der Waals surface area contributed by atoms with Crippen molar-refractivity contribution >= 4 is 11.2 Å². The van der Waals surface area contributed by atoms with E-state index in [2.05, 4.69) is 33.1 Å². The number of rotatable bonds is 7. The van der Waals surface area contributed by atoms with Gasteiger partial charge < -0.3 is 14.2 Å². The monoisotopic (exact) mass is 500 g/mol. The molecule has 0 saturated carbocycles. The summed E-state index contributed by atoms with van der Waals surface area (Å²) in [5, 5.41) is 0. The van der Waals surface area contributed by atoms with Crippen LogP contribution in [0.15, 0.2) is 36.7 Å². The molecular formula is C29H33FN6O. The van der Waals surface area contributed by atoms with E-state index in [1.54, 1.807) is 13.3 Å². The second-order valence-electron chi connectivity index (χ2n) is 10.4. The van der Waals surface area contributed by atoms with Crippen LogP contribution < -0.4 is 4.74 Å². The molecule has 7 rings (SSSR count). The maximum atomic E-state index is 14.1. The third kappa shape index (κ3) is 4.59. The minimum Gasteiger partial charge on any atom is -0.496 e. The van der Waals surface area contributed by atoms with E-state index in [4.69, 9.17) is 14.7 Å². The van der Waals surface area contributed by atoms with Gasteiger partial charge in [0.05, 0.1) is 25.5 Å². The van der Waals surface area contributed by atoms with Crippen LogP contribution in [0.4, 0.5) is 4.39 Å². The smallest absolute Gasteiger partial charge is 0.164 e. The van der Waals surface area contributed by atoms with Gasteiger partial charge in [0.2, 0.25) is 0 Å². The Morgan fingerprint density at radius 1 is 1.08 bits per heavy atom. The lowest BCUT2D eigenvalue weighted by Crippen LogP contribution is -2.48. The Balaban J connectivity index is 1.38. The summed E-state index contributed by atoms with van der Waals surface area (Å²) in [7, 11) is 1.72. The van der Waals surface area contributed by atoms with E-state index < -0.39 is 5.82 Å². The van der Waals surface area contributed by atoms with Crippen LogP contribution in [-0.4, -0.2) is 56.1 Å². The van der Waals surface area contributed by atoms with Gasteiger partial charge in [0.1, 0.15) is 28.7 Å². The zero-order valence-corrected chi connectivity index (χ0v) is 21.7. The number of fused-ring (bicyclic) bond motifs is 4. The fourth-order valence-electron chi connectivity index (χ4n) is 6.10. The van der Waals surface area contributed by atoms with Crippen LogP contribution in [0.2, 0.25) is 0 Å². The molecule has 0 radical (unpaired) electrons. The quantitative estimate of drug-likeness (QED) is 0.362. The number of benzene rings is 1. The second kappa shape index (κ2) is 9.82. The summed E-state index contributed by atoms with van der Waals surface area (Å²) in [5.74, 6) is 3.38. The third-order valence-corrected chi connectivity index (χ3v) is 8.06. The standard InChI is InChI=1S/C29H33FN6O/c1-4-26-32-18(2)27-29(33-26)36(28(34-27)22-13-24(30)15-31-14-22)17-21-6-5-19(12-25(21)37-3)11-23-16-35-9-7-20(23)8-10-35/h5-6,12-15,20,23H,4,7-11,16-17H2,1-3H3. The van der Waals surface area contributed by atoms with Gasteiger partial charge in [-0.25, -0.2) is 19.3 Å². The molecule has 1 atom stereocenters. The number of pyridine rings is 1. The van der Waals surface area contributed by atoms with Crippen molar-refractivity contribution in [2.75, 3.05) is 26.7 Å². The van der Waals surface area contributed by atoms with Gasteiger partial charge in [-0.1, -0.05) is 19.1 Å². The summed E-state index contributed by atoms with van der Waals surface area (Å²) in [6.07, 6.45) is 7.29. The molecule has 0 amide bonds. The molecule has 0 aliphatic carbocycles. The van der Waals surface area contributed by atoms with Crippen molar-refractivity contribution in [2.45, 2.75) is 46.1 Å². The van der Waals surface area contributed by atoms with Gasteiger partial charge >= 0.3 is 0 Å². The molecule has 3 saturated heterocycles. The molecule has 7 nitrogen and oxygen atoms in total. The second-order valence-corrected chi connectivity index (χ2v) is 10.4. The molecule has 2 bridgehead atoms. The molecule has 1 aromatic carbocycles. The van der Waals surface area contributed by atoms with E-state index in [1.165, 1.54) is 50.3 Å². The Kier molecular flexibility index (Phi) is 6.36. The largest absolute Gasteiger partial charge is 0.496 e. The van der Waals surface area contributed by atoms with E-state index in [9.17, 15) is 4.39 Å². The number of piperidine rings is 3. The molecular weight excluding hydrogens is 467 g/mol. The summed E-state index contributed by atoms with van der Waals surface area (Å²) in [6.45, 7) is 8.20. The highest BCUT2D eigenvalue weighted by Crippen LogP contribution is 2.35.